The molecule has 31 heavy (non-hydrogen) atoms. The Balaban J connectivity index is 1.26. The van der Waals surface area contributed by atoms with Gasteiger partial charge in [-0.3, -0.25) is 9.69 Å². The van der Waals surface area contributed by atoms with Gasteiger partial charge in [-0.05, 0) is 55.9 Å². The highest BCUT2D eigenvalue weighted by Gasteiger charge is 2.27. The summed E-state index contributed by atoms with van der Waals surface area (Å²) < 4.78 is 5.39. The van der Waals surface area contributed by atoms with E-state index in [1.54, 1.807) is 0 Å². The highest BCUT2D eigenvalue weighted by molar-refractivity contribution is 5.99. The van der Waals surface area contributed by atoms with Gasteiger partial charge in [0, 0.05) is 60.4 Å². The maximum Gasteiger partial charge on any atom is 0.251 e. The molecule has 168 valence electrons. The predicted octanol–water partition coefficient (Wildman–Crippen LogP) is 3.53. The Morgan fingerprint density at radius 1 is 1.10 bits per heavy atom. The molecule has 2 aromatic rings. The number of fused-ring (bicyclic) bond motifs is 3. The van der Waals surface area contributed by atoms with Gasteiger partial charge < -0.3 is 20.4 Å². The van der Waals surface area contributed by atoms with Gasteiger partial charge in [0.25, 0.3) is 5.91 Å². The summed E-state index contributed by atoms with van der Waals surface area (Å²) in [5.41, 5.74) is 4.69. The molecule has 1 saturated heterocycles. The minimum absolute atomic E-state index is 0.0257. The summed E-state index contributed by atoms with van der Waals surface area (Å²) in [4.78, 5) is 18.8. The maximum atomic E-state index is 12.8. The van der Waals surface area contributed by atoms with E-state index in [1.807, 2.05) is 6.07 Å². The van der Waals surface area contributed by atoms with Gasteiger partial charge in [0.2, 0.25) is 0 Å². The molecule has 6 nitrogen and oxygen atoms in total. The second-order valence-corrected chi connectivity index (χ2v) is 9.43. The van der Waals surface area contributed by atoms with Crippen molar-refractivity contribution in [2.24, 2.45) is 0 Å². The van der Waals surface area contributed by atoms with Crippen molar-refractivity contribution in [3.05, 3.63) is 35.0 Å². The highest BCUT2D eigenvalue weighted by atomic mass is 16.5. The second-order valence-electron chi connectivity index (χ2n) is 9.43. The van der Waals surface area contributed by atoms with Crippen molar-refractivity contribution in [3.63, 3.8) is 0 Å². The van der Waals surface area contributed by atoms with Crippen LogP contribution in [-0.2, 0) is 11.2 Å². The summed E-state index contributed by atoms with van der Waals surface area (Å²) in [5, 5.41) is 8.28. The van der Waals surface area contributed by atoms with E-state index < -0.39 is 0 Å². The van der Waals surface area contributed by atoms with E-state index in [9.17, 15) is 4.79 Å². The number of aryl methyl sites for hydroxylation is 1. The first kappa shape index (κ1) is 21.0. The van der Waals surface area contributed by atoms with Gasteiger partial charge >= 0.3 is 0 Å². The molecule has 2 fully saturated rings. The van der Waals surface area contributed by atoms with E-state index in [2.05, 4.69) is 32.7 Å². The number of benzene rings is 1. The maximum absolute atomic E-state index is 12.8. The number of amides is 1. The van der Waals surface area contributed by atoms with E-state index in [1.165, 1.54) is 61.6 Å². The smallest absolute Gasteiger partial charge is 0.251 e. The Labute approximate surface area is 185 Å². The number of morpholine rings is 1. The predicted molar refractivity (Wildman–Crippen MR) is 124 cm³/mol. The van der Waals surface area contributed by atoms with E-state index in [-0.39, 0.29) is 5.91 Å². The number of nitrogens with one attached hydrogen (secondary N) is 3. The minimum Gasteiger partial charge on any atom is -0.379 e. The molecule has 6 heteroatoms. The van der Waals surface area contributed by atoms with Crippen LogP contribution >= 0.6 is 0 Å². The molecule has 1 aromatic heterocycles. The lowest BCUT2D eigenvalue weighted by molar-refractivity contribution is 0.0383. The third kappa shape index (κ3) is 4.81. The largest absolute Gasteiger partial charge is 0.379 e. The van der Waals surface area contributed by atoms with Crippen LogP contribution in [0.5, 0.6) is 0 Å². The number of carbonyl (C=O) groups excluding carboxylic acids is 1. The second kappa shape index (κ2) is 9.72. The number of nitrogens with zero attached hydrogens (tertiary/aromatic N) is 1. The quantitative estimate of drug-likeness (QED) is 0.664. The van der Waals surface area contributed by atoms with E-state index in [0.717, 1.165) is 50.3 Å². The number of hydrogen-bond acceptors (Lipinski definition) is 4. The van der Waals surface area contributed by atoms with Gasteiger partial charge in [-0.25, -0.2) is 0 Å². The van der Waals surface area contributed by atoms with Crippen LogP contribution in [0.25, 0.3) is 10.9 Å². The Morgan fingerprint density at radius 2 is 1.94 bits per heavy atom. The van der Waals surface area contributed by atoms with Gasteiger partial charge in [0.15, 0.2) is 0 Å². The molecule has 1 unspecified atom stereocenters. The summed E-state index contributed by atoms with van der Waals surface area (Å²) in [6.07, 6.45) is 10.2. The number of rotatable bonds is 6. The molecule has 1 aromatic carbocycles. The first-order valence-electron chi connectivity index (χ1n) is 12.3. The molecule has 0 spiro atoms. The molecule has 2 aliphatic carbocycles. The Bertz CT molecular complexity index is 896. The molecular weight excluding hydrogens is 388 g/mol. The zero-order valence-corrected chi connectivity index (χ0v) is 18.5. The molecule has 2 heterocycles. The summed E-state index contributed by atoms with van der Waals surface area (Å²) in [5.74, 6) is 0.0257. The van der Waals surface area contributed by atoms with Crippen LogP contribution in [0.4, 0.5) is 0 Å². The minimum atomic E-state index is 0.0257. The van der Waals surface area contributed by atoms with Gasteiger partial charge in [0.05, 0.1) is 13.2 Å². The first-order valence-corrected chi connectivity index (χ1v) is 12.3. The van der Waals surface area contributed by atoms with E-state index in [0.29, 0.717) is 18.6 Å². The third-order valence-corrected chi connectivity index (χ3v) is 7.33. The molecule has 1 aliphatic heterocycles. The molecule has 1 amide bonds. The van der Waals surface area contributed by atoms with Crippen molar-refractivity contribution in [2.75, 3.05) is 39.4 Å². The monoisotopic (exact) mass is 424 g/mol. The van der Waals surface area contributed by atoms with E-state index >= 15 is 0 Å². The van der Waals surface area contributed by atoms with Gasteiger partial charge in [-0.1, -0.05) is 19.3 Å². The zero-order valence-electron chi connectivity index (χ0n) is 18.5. The fourth-order valence-corrected chi connectivity index (χ4v) is 5.58. The van der Waals surface area contributed by atoms with E-state index in [4.69, 9.17) is 4.74 Å². The van der Waals surface area contributed by atoms with Gasteiger partial charge in [0.1, 0.15) is 0 Å². The Morgan fingerprint density at radius 3 is 2.77 bits per heavy atom. The summed E-state index contributed by atoms with van der Waals surface area (Å²) in [6, 6.07) is 7.21. The summed E-state index contributed by atoms with van der Waals surface area (Å²) in [7, 11) is 0. The van der Waals surface area contributed by atoms with Gasteiger partial charge in [-0.2, -0.15) is 0 Å². The van der Waals surface area contributed by atoms with Crippen molar-refractivity contribution in [1.29, 1.82) is 0 Å². The fraction of sp³-hybridized carbons (Fsp3) is 0.640. The molecule has 1 atom stereocenters. The zero-order chi connectivity index (χ0) is 21.0. The average molecular weight is 425 g/mol. The SMILES string of the molecule is O=C(NCCN1CCOCC1)c1ccc2[nH]c3c(c2c1)CCCC3NC1CCCCC1. The lowest BCUT2D eigenvalue weighted by Crippen LogP contribution is -2.41. The third-order valence-electron chi connectivity index (χ3n) is 7.33. The normalized spacial score (nSPS) is 23.0. The number of aromatic nitrogens is 1. The number of aromatic amines is 1. The van der Waals surface area contributed by atoms with Crippen LogP contribution < -0.4 is 10.6 Å². The summed E-state index contributed by atoms with van der Waals surface area (Å²) in [6.45, 7) is 5.04. The average Bonchev–Trinajstić information content (AvgIpc) is 3.19. The van der Waals surface area contributed by atoms with Crippen LogP contribution in [0.2, 0.25) is 0 Å². The van der Waals surface area contributed by atoms with Crippen molar-refractivity contribution in [2.45, 2.75) is 63.5 Å². The number of carbonyl (C=O) groups is 1. The number of hydrogen-bond donors (Lipinski definition) is 3. The van der Waals surface area contributed by atoms with Crippen LogP contribution in [0, 0.1) is 0 Å². The molecule has 0 radical (unpaired) electrons. The van der Waals surface area contributed by atoms with Crippen molar-refractivity contribution < 1.29 is 9.53 Å². The molecule has 1 saturated carbocycles. The molecule has 5 rings (SSSR count). The molecular formula is C25H36N4O2. The molecule has 0 bridgehead atoms. The van der Waals surface area contributed by atoms with Gasteiger partial charge in [-0.15, -0.1) is 0 Å². The fourth-order valence-electron chi connectivity index (χ4n) is 5.58. The standard InChI is InChI=1S/C25H36N4O2/c30-25(26-11-12-29-13-15-31-16-14-29)18-9-10-22-21(17-18)20-7-4-8-23(24(20)28-22)27-19-5-2-1-3-6-19/h9-10,17,19,23,27-28H,1-8,11-16H2,(H,26,30). The van der Waals surface area contributed by atoms with Crippen molar-refractivity contribution >= 4 is 16.8 Å². The van der Waals surface area contributed by atoms with Crippen LogP contribution in [0.3, 0.4) is 0 Å². The van der Waals surface area contributed by atoms with Crippen LogP contribution in [-0.4, -0.2) is 61.2 Å². The molecule has 3 N–H and O–H groups in total. The Hall–Kier alpha value is -1.89. The van der Waals surface area contributed by atoms with Crippen LogP contribution in [0.15, 0.2) is 18.2 Å². The number of H-pyrrole nitrogens is 1. The highest BCUT2D eigenvalue weighted by Crippen LogP contribution is 2.36. The van der Waals surface area contributed by atoms with Crippen LogP contribution in [0.1, 0.15) is 72.6 Å². The first-order chi connectivity index (χ1) is 15.3. The van der Waals surface area contributed by atoms with Crippen molar-refractivity contribution in [3.8, 4) is 0 Å². The topological polar surface area (TPSA) is 69.4 Å². The lowest BCUT2D eigenvalue weighted by atomic mass is 9.89. The lowest BCUT2D eigenvalue weighted by Gasteiger charge is -2.31. The number of ether oxygens (including phenoxy) is 1. The molecule has 3 aliphatic rings. The summed E-state index contributed by atoms with van der Waals surface area (Å²) >= 11 is 0. The Kier molecular flexibility index (Phi) is 6.58. The van der Waals surface area contributed by atoms with Crippen molar-refractivity contribution in [1.82, 2.24) is 20.5 Å².